The Bertz CT molecular complexity index is 348. The molecule has 16 heavy (non-hydrogen) atoms. The molecule has 0 radical (unpaired) electrons. The molecular formula is C11H16ClN3O. The van der Waals surface area contributed by atoms with Gasteiger partial charge < -0.3 is 5.11 Å². The van der Waals surface area contributed by atoms with Gasteiger partial charge in [0.25, 0.3) is 0 Å². The Labute approximate surface area is 100 Å². The molecule has 2 heterocycles. The van der Waals surface area contributed by atoms with Crippen molar-refractivity contribution in [2.45, 2.75) is 31.8 Å². The zero-order chi connectivity index (χ0) is 11.4. The van der Waals surface area contributed by atoms with Gasteiger partial charge in [-0.1, -0.05) is 18.0 Å². The SMILES string of the molecule is OC[C@H]1CCCCN1Cc1nccnc1Cl. The van der Waals surface area contributed by atoms with E-state index >= 15 is 0 Å². The summed E-state index contributed by atoms with van der Waals surface area (Å²) in [4.78, 5) is 10.5. The summed E-state index contributed by atoms with van der Waals surface area (Å²) in [5, 5.41) is 9.76. The molecule has 1 saturated heterocycles. The lowest BCUT2D eigenvalue weighted by molar-refractivity contribution is 0.0830. The Morgan fingerprint density at radius 2 is 2.19 bits per heavy atom. The Morgan fingerprint density at radius 3 is 2.94 bits per heavy atom. The molecule has 1 N–H and O–H groups in total. The van der Waals surface area contributed by atoms with E-state index in [4.69, 9.17) is 11.6 Å². The van der Waals surface area contributed by atoms with Crippen molar-refractivity contribution in [3.63, 3.8) is 0 Å². The average molecular weight is 242 g/mol. The number of hydrogen-bond donors (Lipinski definition) is 1. The molecule has 0 aliphatic carbocycles. The summed E-state index contributed by atoms with van der Waals surface area (Å²) in [5.74, 6) is 0. The standard InChI is InChI=1S/C11H16ClN3O/c12-11-10(13-4-5-14-11)7-15-6-2-1-3-9(15)8-16/h4-5,9,16H,1-3,6-8H2/t9-/m1/s1. The van der Waals surface area contributed by atoms with Gasteiger partial charge in [-0.25, -0.2) is 4.98 Å². The van der Waals surface area contributed by atoms with Crippen molar-refractivity contribution in [2.24, 2.45) is 0 Å². The minimum absolute atomic E-state index is 0.206. The average Bonchev–Trinajstić information content (AvgIpc) is 2.33. The van der Waals surface area contributed by atoms with Crippen molar-refractivity contribution >= 4 is 11.6 Å². The van der Waals surface area contributed by atoms with Gasteiger partial charge >= 0.3 is 0 Å². The summed E-state index contributed by atoms with van der Waals surface area (Å²) in [7, 11) is 0. The molecule has 0 bridgehead atoms. The minimum atomic E-state index is 0.206. The number of aliphatic hydroxyl groups excluding tert-OH is 1. The van der Waals surface area contributed by atoms with Crippen LogP contribution in [0.1, 0.15) is 25.0 Å². The first-order valence-corrected chi connectivity index (χ1v) is 5.99. The third kappa shape index (κ3) is 2.70. The monoisotopic (exact) mass is 241 g/mol. The summed E-state index contributed by atoms with van der Waals surface area (Å²) in [6, 6.07) is 0.242. The normalized spacial score (nSPS) is 22.2. The lowest BCUT2D eigenvalue weighted by Crippen LogP contribution is -2.41. The second-order valence-corrected chi connectivity index (χ2v) is 4.45. The van der Waals surface area contributed by atoms with E-state index in [1.807, 2.05) is 0 Å². The van der Waals surface area contributed by atoms with Crippen LogP contribution in [0.25, 0.3) is 0 Å². The highest BCUT2D eigenvalue weighted by atomic mass is 35.5. The molecule has 1 aromatic rings. The van der Waals surface area contributed by atoms with Crippen molar-refractivity contribution in [1.29, 1.82) is 0 Å². The van der Waals surface area contributed by atoms with Crippen LogP contribution in [0.5, 0.6) is 0 Å². The van der Waals surface area contributed by atoms with Crippen LogP contribution in [0.4, 0.5) is 0 Å². The number of aliphatic hydroxyl groups is 1. The highest BCUT2D eigenvalue weighted by Gasteiger charge is 2.22. The van der Waals surface area contributed by atoms with Crippen molar-refractivity contribution in [1.82, 2.24) is 14.9 Å². The van der Waals surface area contributed by atoms with E-state index in [0.717, 1.165) is 18.7 Å². The van der Waals surface area contributed by atoms with Gasteiger partial charge in [0.2, 0.25) is 0 Å². The molecule has 0 spiro atoms. The molecule has 0 unspecified atom stereocenters. The molecule has 2 rings (SSSR count). The summed E-state index contributed by atoms with van der Waals surface area (Å²) in [5.41, 5.74) is 0.796. The van der Waals surface area contributed by atoms with Crippen LogP contribution in [0.2, 0.25) is 5.15 Å². The van der Waals surface area contributed by atoms with Gasteiger partial charge in [0, 0.05) is 25.0 Å². The summed E-state index contributed by atoms with van der Waals surface area (Å²) in [6.07, 6.45) is 6.66. The molecule has 1 aliphatic heterocycles. The van der Waals surface area contributed by atoms with Crippen LogP contribution < -0.4 is 0 Å². The second-order valence-electron chi connectivity index (χ2n) is 4.10. The largest absolute Gasteiger partial charge is 0.395 e. The van der Waals surface area contributed by atoms with E-state index in [1.54, 1.807) is 12.4 Å². The van der Waals surface area contributed by atoms with Crippen LogP contribution in [0.15, 0.2) is 12.4 Å². The number of piperidine rings is 1. The highest BCUT2D eigenvalue weighted by molar-refractivity contribution is 6.29. The van der Waals surface area contributed by atoms with Gasteiger partial charge in [-0.2, -0.15) is 0 Å². The summed E-state index contributed by atoms with van der Waals surface area (Å²) >= 11 is 5.97. The Hall–Kier alpha value is -0.710. The summed E-state index contributed by atoms with van der Waals surface area (Å²) < 4.78 is 0. The maximum atomic E-state index is 9.30. The van der Waals surface area contributed by atoms with E-state index in [0.29, 0.717) is 11.7 Å². The van der Waals surface area contributed by atoms with Crippen molar-refractivity contribution in [3.8, 4) is 0 Å². The second kappa shape index (κ2) is 5.57. The smallest absolute Gasteiger partial charge is 0.151 e. The van der Waals surface area contributed by atoms with Crippen molar-refractivity contribution < 1.29 is 5.11 Å². The number of aromatic nitrogens is 2. The number of nitrogens with zero attached hydrogens (tertiary/aromatic N) is 3. The van der Waals surface area contributed by atoms with Gasteiger partial charge in [0.05, 0.1) is 12.3 Å². The number of hydrogen-bond acceptors (Lipinski definition) is 4. The molecular weight excluding hydrogens is 226 g/mol. The molecule has 1 atom stereocenters. The Balaban J connectivity index is 2.05. The predicted molar refractivity (Wildman–Crippen MR) is 62.2 cm³/mol. The van der Waals surface area contributed by atoms with Gasteiger partial charge in [0.15, 0.2) is 5.15 Å². The van der Waals surface area contributed by atoms with E-state index in [2.05, 4.69) is 14.9 Å². The van der Waals surface area contributed by atoms with Crippen LogP contribution in [0.3, 0.4) is 0 Å². The maximum absolute atomic E-state index is 9.30. The zero-order valence-corrected chi connectivity index (χ0v) is 9.90. The lowest BCUT2D eigenvalue weighted by Gasteiger charge is -2.34. The van der Waals surface area contributed by atoms with E-state index in [9.17, 15) is 5.11 Å². The molecule has 0 saturated carbocycles. The van der Waals surface area contributed by atoms with Crippen LogP contribution in [-0.2, 0) is 6.54 Å². The summed E-state index contributed by atoms with van der Waals surface area (Å²) in [6.45, 7) is 1.88. The van der Waals surface area contributed by atoms with Gasteiger partial charge in [-0.15, -0.1) is 0 Å². The predicted octanol–water partition coefficient (Wildman–Crippen LogP) is 1.48. The topological polar surface area (TPSA) is 49.2 Å². The van der Waals surface area contributed by atoms with Gasteiger partial charge in [-0.3, -0.25) is 9.88 Å². The third-order valence-corrected chi connectivity index (χ3v) is 3.35. The quantitative estimate of drug-likeness (QED) is 0.871. The van der Waals surface area contributed by atoms with Crippen molar-refractivity contribution in [2.75, 3.05) is 13.2 Å². The molecule has 88 valence electrons. The molecule has 4 nitrogen and oxygen atoms in total. The minimum Gasteiger partial charge on any atom is -0.395 e. The highest BCUT2D eigenvalue weighted by Crippen LogP contribution is 2.20. The number of rotatable bonds is 3. The molecule has 1 aromatic heterocycles. The zero-order valence-electron chi connectivity index (χ0n) is 9.14. The molecule has 0 aromatic carbocycles. The first-order valence-electron chi connectivity index (χ1n) is 5.61. The third-order valence-electron chi connectivity index (χ3n) is 3.04. The fraction of sp³-hybridized carbons (Fsp3) is 0.636. The van der Waals surface area contributed by atoms with E-state index in [1.165, 1.54) is 12.8 Å². The van der Waals surface area contributed by atoms with Crippen molar-refractivity contribution in [3.05, 3.63) is 23.2 Å². The molecule has 5 heteroatoms. The fourth-order valence-electron chi connectivity index (χ4n) is 2.12. The molecule has 1 aliphatic rings. The molecule has 1 fully saturated rings. The van der Waals surface area contributed by atoms with E-state index < -0.39 is 0 Å². The van der Waals surface area contributed by atoms with E-state index in [-0.39, 0.29) is 12.6 Å². The molecule has 0 amide bonds. The van der Waals surface area contributed by atoms with Crippen LogP contribution >= 0.6 is 11.6 Å². The van der Waals surface area contributed by atoms with Crippen LogP contribution in [0, 0.1) is 0 Å². The fourth-order valence-corrected chi connectivity index (χ4v) is 2.29. The van der Waals surface area contributed by atoms with Gasteiger partial charge in [0.1, 0.15) is 0 Å². The number of likely N-dealkylation sites (tertiary alicyclic amines) is 1. The van der Waals surface area contributed by atoms with Gasteiger partial charge in [-0.05, 0) is 19.4 Å². The lowest BCUT2D eigenvalue weighted by atomic mass is 10.0. The Morgan fingerprint density at radius 1 is 1.38 bits per heavy atom. The Kier molecular flexibility index (Phi) is 4.09. The van der Waals surface area contributed by atoms with Crippen LogP contribution in [-0.4, -0.2) is 39.2 Å². The maximum Gasteiger partial charge on any atom is 0.151 e. The first kappa shape index (κ1) is 11.8. The number of halogens is 1. The first-order chi connectivity index (χ1) is 7.81.